The van der Waals surface area contributed by atoms with Gasteiger partial charge in [0.15, 0.2) is 16.1 Å². The van der Waals surface area contributed by atoms with Gasteiger partial charge in [-0.2, -0.15) is 0 Å². The first-order valence-corrected chi connectivity index (χ1v) is 12.3. The van der Waals surface area contributed by atoms with Crippen molar-refractivity contribution in [2.24, 2.45) is 0 Å². The van der Waals surface area contributed by atoms with Crippen molar-refractivity contribution in [2.75, 3.05) is 11.1 Å². The van der Waals surface area contributed by atoms with E-state index in [1.165, 1.54) is 28.7 Å². The van der Waals surface area contributed by atoms with Crippen LogP contribution in [0.1, 0.15) is 12.5 Å². The molecule has 0 atom stereocenters. The van der Waals surface area contributed by atoms with Crippen LogP contribution >= 0.6 is 39.0 Å². The molecule has 2 aromatic heterocycles. The van der Waals surface area contributed by atoms with Crippen LogP contribution in [0.2, 0.25) is 0 Å². The van der Waals surface area contributed by atoms with Crippen LogP contribution in [-0.4, -0.2) is 31.4 Å². The Morgan fingerprint density at radius 1 is 1.10 bits per heavy atom. The summed E-state index contributed by atoms with van der Waals surface area (Å²) >= 11 is 6.24. The molecule has 9 heteroatoms. The molecule has 2 heterocycles. The maximum Gasteiger partial charge on any atom is 0.236 e. The van der Waals surface area contributed by atoms with Crippen LogP contribution in [0.4, 0.5) is 5.13 Å². The molecule has 0 spiro atoms. The molecule has 158 valence electrons. The topological polar surface area (TPSA) is 72.7 Å². The fraction of sp³-hybridized carbons (Fsp3) is 0.182. The van der Waals surface area contributed by atoms with Crippen LogP contribution in [0.15, 0.2) is 63.5 Å². The molecule has 0 fully saturated rings. The fourth-order valence-corrected chi connectivity index (χ4v) is 4.77. The van der Waals surface area contributed by atoms with Gasteiger partial charge in [-0.3, -0.25) is 4.79 Å². The zero-order valence-corrected chi connectivity index (χ0v) is 20.2. The number of nitrogens with one attached hydrogen (secondary N) is 1. The van der Waals surface area contributed by atoms with E-state index in [0.717, 1.165) is 38.8 Å². The molecular weight excluding hydrogens is 494 g/mol. The number of thiazole rings is 1. The van der Waals surface area contributed by atoms with Crippen molar-refractivity contribution < 1.29 is 4.79 Å². The average Bonchev–Trinajstić information content (AvgIpc) is 3.40. The number of hydrogen-bond donors (Lipinski definition) is 1. The Morgan fingerprint density at radius 2 is 1.81 bits per heavy atom. The summed E-state index contributed by atoms with van der Waals surface area (Å²) in [5.41, 5.74) is 4.08. The maximum absolute atomic E-state index is 12.5. The first-order chi connectivity index (χ1) is 15.0. The van der Waals surface area contributed by atoms with Crippen molar-refractivity contribution in [3.63, 3.8) is 0 Å². The van der Waals surface area contributed by atoms with Gasteiger partial charge in [-0.15, -0.1) is 21.5 Å². The van der Waals surface area contributed by atoms with Gasteiger partial charge >= 0.3 is 0 Å². The molecule has 31 heavy (non-hydrogen) atoms. The smallest absolute Gasteiger partial charge is 0.236 e. The van der Waals surface area contributed by atoms with E-state index < -0.39 is 0 Å². The van der Waals surface area contributed by atoms with E-state index in [1.807, 2.05) is 53.3 Å². The molecule has 1 N–H and O–H groups in total. The van der Waals surface area contributed by atoms with E-state index in [-0.39, 0.29) is 11.7 Å². The first-order valence-electron chi connectivity index (χ1n) is 9.68. The second-order valence-corrected chi connectivity index (χ2v) is 9.51. The summed E-state index contributed by atoms with van der Waals surface area (Å²) in [4.78, 5) is 17.0. The van der Waals surface area contributed by atoms with Gasteiger partial charge in [0, 0.05) is 27.5 Å². The highest BCUT2D eigenvalue weighted by atomic mass is 79.9. The van der Waals surface area contributed by atoms with Gasteiger partial charge < -0.3 is 9.88 Å². The predicted octanol–water partition coefficient (Wildman–Crippen LogP) is 5.89. The summed E-state index contributed by atoms with van der Waals surface area (Å²) in [5.74, 6) is 0.906. The minimum Gasteiger partial charge on any atom is -0.302 e. The van der Waals surface area contributed by atoms with E-state index in [0.29, 0.717) is 5.13 Å². The Bertz CT molecular complexity index is 1190. The number of benzene rings is 2. The summed E-state index contributed by atoms with van der Waals surface area (Å²) in [5, 5.41) is 14.8. The molecule has 0 saturated carbocycles. The van der Waals surface area contributed by atoms with E-state index >= 15 is 0 Å². The lowest BCUT2D eigenvalue weighted by molar-refractivity contribution is -0.113. The standard InChI is InChI=1S/C22H20BrN5OS2/c1-3-28-20(16-8-10-17(23)11-9-16)26-27-22(28)31-13-19(29)25-21-24-18(12-30-21)15-6-4-14(2)5-7-15/h4-12H,3,13H2,1-2H3,(H,24,25,29). The van der Waals surface area contributed by atoms with Crippen molar-refractivity contribution in [2.45, 2.75) is 25.5 Å². The molecule has 2 aromatic carbocycles. The molecule has 4 aromatic rings. The van der Waals surface area contributed by atoms with Gasteiger partial charge in [0.2, 0.25) is 5.91 Å². The normalized spacial score (nSPS) is 10.9. The van der Waals surface area contributed by atoms with Gasteiger partial charge in [0.05, 0.1) is 11.4 Å². The molecule has 0 aliphatic rings. The highest BCUT2D eigenvalue weighted by Crippen LogP contribution is 2.27. The lowest BCUT2D eigenvalue weighted by atomic mass is 10.1. The zero-order chi connectivity index (χ0) is 21.8. The number of anilines is 1. The number of aryl methyl sites for hydroxylation is 1. The van der Waals surface area contributed by atoms with Crippen LogP contribution in [0.3, 0.4) is 0 Å². The van der Waals surface area contributed by atoms with Gasteiger partial charge in [-0.25, -0.2) is 4.98 Å². The van der Waals surface area contributed by atoms with Crippen LogP contribution in [0.25, 0.3) is 22.6 Å². The van der Waals surface area contributed by atoms with Crippen LogP contribution in [0.5, 0.6) is 0 Å². The quantitative estimate of drug-likeness (QED) is 0.312. The Balaban J connectivity index is 1.39. The van der Waals surface area contributed by atoms with Gasteiger partial charge in [-0.1, -0.05) is 69.7 Å². The molecule has 1 amide bonds. The Labute approximate surface area is 197 Å². The molecule has 0 saturated heterocycles. The highest BCUT2D eigenvalue weighted by molar-refractivity contribution is 9.10. The molecule has 0 radical (unpaired) electrons. The number of carbonyl (C=O) groups excluding carboxylic acids is 1. The second-order valence-electron chi connectivity index (χ2n) is 6.80. The number of thioether (sulfide) groups is 1. The minimum absolute atomic E-state index is 0.120. The monoisotopic (exact) mass is 513 g/mol. The molecule has 4 rings (SSSR count). The second kappa shape index (κ2) is 9.76. The van der Waals surface area contributed by atoms with E-state index in [1.54, 1.807) is 0 Å². The number of hydrogen-bond acceptors (Lipinski definition) is 6. The summed E-state index contributed by atoms with van der Waals surface area (Å²) in [6.45, 7) is 4.81. The highest BCUT2D eigenvalue weighted by Gasteiger charge is 2.15. The summed E-state index contributed by atoms with van der Waals surface area (Å²) in [7, 11) is 0. The first kappa shape index (κ1) is 21.7. The SMILES string of the molecule is CCn1c(SCC(=O)Nc2nc(-c3ccc(C)cc3)cs2)nnc1-c1ccc(Br)cc1. The van der Waals surface area contributed by atoms with Crippen LogP contribution in [-0.2, 0) is 11.3 Å². The largest absolute Gasteiger partial charge is 0.302 e. The third-order valence-corrected chi connectivity index (χ3v) is 6.82. The van der Waals surface area contributed by atoms with Crippen molar-refractivity contribution >= 4 is 50.1 Å². The van der Waals surface area contributed by atoms with E-state index in [2.05, 4.69) is 55.5 Å². The molecule has 0 aliphatic heterocycles. The predicted molar refractivity (Wildman–Crippen MR) is 130 cm³/mol. The van der Waals surface area contributed by atoms with Crippen molar-refractivity contribution in [3.05, 3.63) is 63.9 Å². The summed E-state index contributed by atoms with van der Waals surface area (Å²) in [6.07, 6.45) is 0. The third kappa shape index (κ3) is 5.23. The maximum atomic E-state index is 12.5. The molecule has 6 nitrogen and oxygen atoms in total. The summed E-state index contributed by atoms with van der Waals surface area (Å²) in [6, 6.07) is 16.1. The lowest BCUT2D eigenvalue weighted by Gasteiger charge is -2.07. The van der Waals surface area contributed by atoms with Crippen LogP contribution < -0.4 is 5.32 Å². The van der Waals surface area contributed by atoms with Crippen molar-refractivity contribution in [1.29, 1.82) is 0 Å². The Hall–Kier alpha value is -2.49. The molecule has 0 unspecified atom stereocenters. The van der Waals surface area contributed by atoms with E-state index in [4.69, 9.17) is 0 Å². The molecule has 0 bridgehead atoms. The molecule has 0 aliphatic carbocycles. The Morgan fingerprint density at radius 3 is 2.52 bits per heavy atom. The average molecular weight is 514 g/mol. The zero-order valence-electron chi connectivity index (χ0n) is 17.0. The number of aromatic nitrogens is 4. The third-order valence-electron chi connectivity index (χ3n) is 4.57. The number of nitrogens with zero attached hydrogens (tertiary/aromatic N) is 4. The number of halogens is 1. The fourth-order valence-electron chi connectivity index (χ4n) is 2.97. The summed E-state index contributed by atoms with van der Waals surface area (Å²) < 4.78 is 3.03. The van der Waals surface area contributed by atoms with Gasteiger partial charge in [-0.05, 0) is 26.0 Å². The number of rotatable bonds is 7. The number of amides is 1. The van der Waals surface area contributed by atoms with E-state index in [9.17, 15) is 4.79 Å². The van der Waals surface area contributed by atoms with Crippen LogP contribution in [0, 0.1) is 6.92 Å². The van der Waals surface area contributed by atoms with Gasteiger partial charge in [0.1, 0.15) is 0 Å². The van der Waals surface area contributed by atoms with Gasteiger partial charge in [0.25, 0.3) is 0 Å². The number of carbonyl (C=O) groups is 1. The lowest BCUT2D eigenvalue weighted by Crippen LogP contribution is -2.14. The van der Waals surface area contributed by atoms with Crippen molar-refractivity contribution in [1.82, 2.24) is 19.7 Å². The molecular formula is C22H20BrN5OS2. The van der Waals surface area contributed by atoms with Crippen molar-refractivity contribution in [3.8, 4) is 22.6 Å². The minimum atomic E-state index is -0.120. The Kier molecular flexibility index (Phi) is 6.84.